The maximum Gasteiger partial charge on any atom is 0.257 e. The topological polar surface area (TPSA) is 56.2 Å². The summed E-state index contributed by atoms with van der Waals surface area (Å²) in [7, 11) is 0. The Bertz CT molecular complexity index is 856. The molecule has 0 aliphatic rings. The van der Waals surface area contributed by atoms with Crippen LogP contribution in [0.5, 0.6) is 5.75 Å². The average Bonchev–Trinajstić information content (AvgIpc) is 2.94. The smallest absolute Gasteiger partial charge is 0.257 e. The maximum absolute atomic E-state index is 11.9. The lowest BCUT2D eigenvalue weighted by atomic mass is 10.1. The second-order valence-corrected chi connectivity index (χ2v) is 6.23. The molecule has 2 aromatic carbocycles. The summed E-state index contributed by atoms with van der Waals surface area (Å²) < 4.78 is 7.35. The fourth-order valence-electron chi connectivity index (χ4n) is 2.53. The average molecular weight is 358 g/mol. The van der Waals surface area contributed by atoms with E-state index in [-0.39, 0.29) is 12.5 Å². The van der Waals surface area contributed by atoms with E-state index < -0.39 is 0 Å². The largest absolute Gasteiger partial charge is 0.484 e. The normalized spacial score (nSPS) is 10.8. The number of hydrogen-bond acceptors (Lipinski definition) is 3. The Hall–Kier alpha value is -2.53. The number of carbonyl (C=O) groups is 1. The number of aryl methyl sites for hydroxylation is 2. The number of carbonyl (C=O) groups excluding carboxylic acids is 1. The molecule has 1 aromatic heterocycles. The molecule has 3 rings (SSSR count). The van der Waals surface area contributed by atoms with Crippen LogP contribution < -0.4 is 10.1 Å². The van der Waals surface area contributed by atoms with Gasteiger partial charge in [0.15, 0.2) is 6.61 Å². The van der Waals surface area contributed by atoms with Gasteiger partial charge in [-0.2, -0.15) is 5.10 Å². The first-order chi connectivity index (χ1) is 12.1. The van der Waals surface area contributed by atoms with Crippen LogP contribution in [0, 0.1) is 6.92 Å². The number of hydrogen-bond donors (Lipinski definition) is 1. The molecule has 1 heterocycles. The fraction of sp³-hybridized carbons (Fsp3) is 0.263. The van der Waals surface area contributed by atoms with E-state index in [1.165, 1.54) is 0 Å². The molecule has 6 heteroatoms. The van der Waals surface area contributed by atoms with Crippen molar-refractivity contribution in [2.24, 2.45) is 0 Å². The summed E-state index contributed by atoms with van der Waals surface area (Å²) in [4.78, 5) is 11.9. The van der Waals surface area contributed by atoms with Gasteiger partial charge in [-0.1, -0.05) is 41.9 Å². The van der Waals surface area contributed by atoms with Gasteiger partial charge in [0.05, 0.1) is 10.7 Å². The standard InChI is InChI=1S/C19H20ClN3O2/c1-14-18(20)12-23(22-14)10-4-9-21-19(24)13-25-17-8-7-15-5-2-3-6-16(15)11-17/h2-3,5-8,11-12H,4,9-10,13H2,1H3,(H,21,24). The summed E-state index contributed by atoms with van der Waals surface area (Å²) in [6.45, 7) is 3.14. The molecule has 0 radical (unpaired) electrons. The minimum Gasteiger partial charge on any atom is -0.484 e. The molecule has 0 atom stereocenters. The minimum absolute atomic E-state index is 0.00501. The molecule has 0 bridgehead atoms. The highest BCUT2D eigenvalue weighted by molar-refractivity contribution is 6.31. The molecule has 25 heavy (non-hydrogen) atoms. The van der Waals surface area contributed by atoms with Crippen LogP contribution in [-0.2, 0) is 11.3 Å². The van der Waals surface area contributed by atoms with Gasteiger partial charge in [0, 0.05) is 19.3 Å². The summed E-state index contributed by atoms with van der Waals surface area (Å²) in [5.74, 6) is 0.554. The Morgan fingerprint density at radius 1 is 1.24 bits per heavy atom. The molecule has 0 aliphatic heterocycles. The van der Waals surface area contributed by atoms with Crippen molar-refractivity contribution in [3.8, 4) is 5.75 Å². The molecule has 0 saturated carbocycles. The second-order valence-electron chi connectivity index (χ2n) is 5.83. The summed E-state index contributed by atoms with van der Waals surface area (Å²) in [5, 5.41) is 10.0. The highest BCUT2D eigenvalue weighted by atomic mass is 35.5. The first-order valence-corrected chi connectivity index (χ1v) is 8.57. The predicted molar refractivity (Wildman–Crippen MR) is 99.0 cm³/mol. The van der Waals surface area contributed by atoms with Crippen molar-refractivity contribution >= 4 is 28.3 Å². The Balaban J connectivity index is 1.40. The molecule has 0 fully saturated rings. The number of benzene rings is 2. The highest BCUT2D eigenvalue weighted by Crippen LogP contribution is 2.20. The van der Waals surface area contributed by atoms with Crippen molar-refractivity contribution in [2.75, 3.05) is 13.2 Å². The zero-order valence-electron chi connectivity index (χ0n) is 14.0. The van der Waals surface area contributed by atoms with Gasteiger partial charge in [0.25, 0.3) is 5.91 Å². The van der Waals surface area contributed by atoms with E-state index in [0.717, 1.165) is 22.9 Å². The number of halogens is 1. The van der Waals surface area contributed by atoms with Crippen LogP contribution in [0.15, 0.2) is 48.7 Å². The highest BCUT2D eigenvalue weighted by Gasteiger charge is 2.04. The third-order valence-corrected chi connectivity index (χ3v) is 4.23. The summed E-state index contributed by atoms with van der Waals surface area (Å²) >= 11 is 5.96. The first-order valence-electron chi connectivity index (χ1n) is 8.20. The van der Waals surface area contributed by atoms with E-state index in [1.54, 1.807) is 10.9 Å². The Kier molecular flexibility index (Phi) is 5.56. The SMILES string of the molecule is Cc1nn(CCCNC(=O)COc2ccc3ccccc3c2)cc1Cl. The molecule has 5 nitrogen and oxygen atoms in total. The quantitative estimate of drug-likeness (QED) is 0.657. The molecular formula is C19H20ClN3O2. The fourth-order valence-corrected chi connectivity index (χ4v) is 2.68. The first kappa shape index (κ1) is 17.3. The lowest BCUT2D eigenvalue weighted by Crippen LogP contribution is -2.30. The lowest BCUT2D eigenvalue weighted by molar-refractivity contribution is -0.123. The van der Waals surface area contributed by atoms with E-state index in [4.69, 9.17) is 16.3 Å². The van der Waals surface area contributed by atoms with Crippen molar-refractivity contribution in [1.82, 2.24) is 15.1 Å². The van der Waals surface area contributed by atoms with Gasteiger partial charge in [-0.25, -0.2) is 0 Å². The van der Waals surface area contributed by atoms with Gasteiger partial charge in [0.1, 0.15) is 5.75 Å². The van der Waals surface area contributed by atoms with E-state index >= 15 is 0 Å². The second kappa shape index (κ2) is 8.03. The number of rotatable bonds is 7. The molecule has 0 unspecified atom stereocenters. The molecule has 1 amide bonds. The van der Waals surface area contributed by atoms with Crippen LogP contribution in [0.3, 0.4) is 0 Å². The molecule has 3 aromatic rings. The predicted octanol–water partition coefficient (Wildman–Crippen LogP) is 3.58. The van der Waals surface area contributed by atoms with E-state index in [9.17, 15) is 4.79 Å². The molecule has 0 saturated heterocycles. The van der Waals surface area contributed by atoms with Crippen molar-refractivity contribution < 1.29 is 9.53 Å². The Morgan fingerprint density at radius 3 is 2.80 bits per heavy atom. The number of aromatic nitrogens is 2. The monoisotopic (exact) mass is 357 g/mol. The van der Waals surface area contributed by atoms with Crippen LogP contribution in [0.1, 0.15) is 12.1 Å². The summed E-state index contributed by atoms with van der Waals surface area (Å²) in [6, 6.07) is 13.8. The van der Waals surface area contributed by atoms with Crippen LogP contribution in [-0.4, -0.2) is 28.8 Å². The van der Waals surface area contributed by atoms with Crippen LogP contribution >= 0.6 is 11.6 Å². The van der Waals surface area contributed by atoms with Gasteiger partial charge in [-0.3, -0.25) is 9.48 Å². The molecular weight excluding hydrogens is 338 g/mol. The number of fused-ring (bicyclic) bond motifs is 1. The van der Waals surface area contributed by atoms with Crippen LogP contribution in [0.4, 0.5) is 0 Å². The Morgan fingerprint density at radius 2 is 2.04 bits per heavy atom. The van der Waals surface area contributed by atoms with Crippen molar-refractivity contribution in [1.29, 1.82) is 0 Å². The maximum atomic E-state index is 11.9. The third kappa shape index (κ3) is 4.73. The summed E-state index contributed by atoms with van der Waals surface area (Å²) in [6.07, 6.45) is 2.57. The number of nitrogens with zero attached hydrogens (tertiary/aromatic N) is 2. The van der Waals surface area contributed by atoms with Crippen molar-refractivity contribution in [3.63, 3.8) is 0 Å². The van der Waals surface area contributed by atoms with Gasteiger partial charge < -0.3 is 10.1 Å². The van der Waals surface area contributed by atoms with E-state index in [1.807, 2.05) is 49.4 Å². The molecule has 0 aliphatic carbocycles. The van der Waals surface area contributed by atoms with Gasteiger partial charge >= 0.3 is 0 Å². The van der Waals surface area contributed by atoms with Gasteiger partial charge in [-0.05, 0) is 36.2 Å². The van der Waals surface area contributed by atoms with Gasteiger partial charge in [0.2, 0.25) is 0 Å². The van der Waals surface area contributed by atoms with E-state index in [0.29, 0.717) is 23.9 Å². The summed E-state index contributed by atoms with van der Waals surface area (Å²) in [5.41, 5.74) is 0.814. The zero-order valence-corrected chi connectivity index (χ0v) is 14.8. The molecule has 1 N–H and O–H groups in total. The number of nitrogens with one attached hydrogen (secondary N) is 1. The lowest BCUT2D eigenvalue weighted by Gasteiger charge is -2.08. The third-order valence-electron chi connectivity index (χ3n) is 3.86. The number of ether oxygens (including phenoxy) is 1. The Labute approximate surface area is 151 Å². The van der Waals surface area contributed by atoms with Gasteiger partial charge in [-0.15, -0.1) is 0 Å². The van der Waals surface area contributed by atoms with Crippen molar-refractivity contribution in [2.45, 2.75) is 19.9 Å². The van der Waals surface area contributed by atoms with Crippen LogP contribution in [0.25, 0.3) is 10.8 Å². The van der Waals surface area contributed by atoms with Crippen molar-refractivity contribution in [3.05, 3.63) is 59.4 Å². The van der Waals surface area contributed by atoms with Crippen LogP contribution in [0.2, 0.25) is 5.02 Å². The minimum atomic E-state index is -0.136. The zero-order chi connectivity index (χ0) is 17.6. The molecule has 0 spiro atoms. The van der Waals surface area contributed by atoms with E-state index in [2.05, 4.69) is 10.4 Å². The number of amides is 1. The molecule has 130 valence electrons.